The number of benzene rings is 1. The van der Waals surface area contributed by atoms with Crippen LogP contribution in [0.3, 0.4) is 0 Å². The van der Waals surface area contributed by atoms with Crippen LogP contribution >= 0.6 is 0 Å². The Morgan fingerprint density at radius 2 is 2.00 bits per heavy atom. The van der Waals surface area contributed by atoms with Crippen LogP contribution in [-0.2, 0) is 11.3 Å². The highest BCUT2D eigenvalue weighted by Crippen LogP contribution is 2.27. The van der Waals surface area contributed by atoms with Gasteiger partial charge >= 0.3 is 0 Å². The molecule has 27 heavy (non-hydrogen) atoms. The Bertz CT molecular complexity index is 648. The summed E-state index contributed by atoms with van der Waals surface area (Å²) in [5.74, 6) is 2.28. The van der Waals surface area contributed by atoms with Gasteiger partial charge in [0.25, 0.3) is 0 Å². The van der Waals surface area contributed by atoms with E-state index in [0.717, 1.165) is 24.9 Å². The standard InChI is InChI=1S/C20H32N4O3/c1-15-7-5-6-12-24(15)19(25)10-11-22-20(21-2)23-14-16-8-9-17(26-3)18(13-16)27-4/h8-9,13,15H,5-7,10-12,14H2,1-4H3,(H2,21,22,23). The van der Waals surface area contributed by atoms with Gasteiger partial charge in [0.2, 0.25) is 5.91 Å². The van der Waals surface area contributed by atoms with Crippen LogP contribution in [0, 0.1) is 0 Å². The van der Waals surface area contributed by atoms with Gasteiger partial charge in [0, 0.05) is 39.1 Å². The Labute approximate surface area is 162 Å². The van der Waals surface area contributed by atoms with Crippen LogP contribution in [0.5, 0.6) is 11.5 Å². The summed E-state index contributed by atoms with van der Waals surface area (Å²) in [6, 6.07) is 6.14. The molecule has 7 heteroatoms. The van der Waals surface area contributed by atoms with E-state index in [9.17, 15) is 4.79 Å². The van der Waals surface area contributed by atoms with Crippen LogP contribution in [0.25, 0.3) is 0 Å². The molecule has 0 aromatic heterocycles. The second-order valence-electron chi connectivity index (χ2n) is 6.72. The predicted octanol–water partition coefficient (Wildman–Crippen LogP) is 2.16. The lowest BCUT2D eigenvalue weighted by molar-refractivity contribution is -0.134. The minimum atomic E-state index is 0.213. The van der Waals surface area contributed by atoms with Gasteiger partial charge in [0.05, 0.1) is 14.2 Å². The van der Waals surface area contributed by atoms with Crippen molar-refractivity contribution in [3.63, 3.8) is 0 Å². The fourth-order valence-electron chi connectivity index (χ4n) is 3.30. The third kappa shape index (κ3) is 6.05. The number of hydrogen-bond acceptors (Lipinski definition) is 4. The number of ether oxygens (including phenoxy) is 2. The van der Waals surface area contributed by atoms with Crippen molar-refractivity contribution >= 4 is 11.9 Å². The molecule has 1 aromatic carbocycles. The van der Waals surface area contributed by atoms with E-state index in [1.807, 2.05) is 23.1 Å². The average Bonchev–Trinajstić information content (AvgIpc) is 2.70. The highest BCUT2D eigenvalue weighted by Gasteiger charge is 2.22. The van der Waals surface area contributed by atoms with Gasteiger partial charge in [-0.05, 0) is 43.9 Å². The largest absolute Gasteiger partial charge is 0.493 e. The number of rotatable bonds is 7. The normalized spacial score (nSPS) is 17.4. The van der Waals surface area contributed by atoms with Gasteiger partial charge in [0.1, 0.15) is 0 Å². The minimum absolute atomic E-state index is 0.213. The SMILES string of the molecule is CN=C(NCCC(=O)N1CCCCC1C)NCc1ccc(OC)c(OC)c1. The number of carbonyl (C=O) groups is 1. The molecule has 0 aliphatic carbocycles. The van der Waals surface area contributed by atoms with E-state index in [-0.39, 0.29) is 5.91 Å². The highest BCUT2D eigenvalue weighted by atomic mass is 16.5. The van der Waals surface area contributed by atoms with Crippen molar-refractivity contribution in [1.82, 2.24) is 15.5 Å². The van der Waals surface area contributed by atoms with Crippen molar-refractivity contribution in [1.29, 1.82) is 0 Å². The Morgan fingerprint density at radius 3 is 2.67 bits per heavy atom. The second kappa shape index (κ2) is 10.6. The maximum absolute atomic E-state index is 12.4. The summed E-state index contributed by atoms with van der Waals surface area (Å²) in [5, 5.41) is 6.47. The van der Waals surface area contributed by atoms with E-state index in [4.69, 9.17) is 9.47 Å². The minimum Gasteiger partial charge on any atom is -0.493 e. The molecular weight excluding hydrogens is 344 g/mol. The molecule has 0 spiro atoms. The molecule has 1 aliphatic rings. The molecule has 2 rings (SSSR count). The number of likely N-dealkylation sites (tertiary alicyclic amines) is 1. The molecule has 1 aliphatic heterocycles. The average molecular weight is 377 g/mol. The lowest BCUT2D eigenvalue weighted by atomic mass is 10.0. The Hall–Kier alpha value is -2.44. The van der Waals surface area contributed by atoms with Crippen molar-refractivity contribution in [3.05, 3.63) is 23.8 Å². The van der Waals surface area contributed by atoms with Crippen molar-refractivity contribution in [2.45, 2.75) is 45.2 Å². The zero-order valence-electron chi connectivity index (χ0n) is 16.9. The molecule has 1 saturated heterocycles. The van der Waals surface area contributed by atoms with Gasteiger partial charge in [-0.2, -0.15) is 0 Å². The van der Waals surface area contributed by atoms with Gasteiger partial charge in [-0.3, -0.25) is 9.79 Å². The quantitative estimate of drug-likeness (QED) is 0.563. The predicted molar refractivity (Wildman–Crippen MR) is 107 cm³/mol. The highest BCUT2D eigenvalue weighted by molar-refractivity contribution is 5.81. The summed E-state index contributed by atoms with van der Waals surface area (Å²) in [7, 11) is 4.96. The van der Waals surface area contributed by atoms with E-state index < -0.39 is 0 Å². The molecule has 0 bridgehead atoms. The molecule has 1 amide bonds. The molecule has 1 unspecified atom stereocenters. The second-order valence-corrected chi connectivity index (χ2v) is 6.72. The molecular formula is C20H32N4O3. The van der Waals surface area contributed by atoms with Crippen molar-refractivity contribution < 1.29 is 14.3 Å². The Kier molecular flexibility index (Phi) is 8.23. The summed E-state index contributed by atoms with van der Waals surface area (Å²) in [5.41, 5.74) is 1.05. The van der Waals surface area contributed by atoms with Crippen molar-refractivity contribution in [3.8, 4) is 11.5 Å². The lowest BCUT2D eigenvalue weighted by Crippen LogP contribution is -2.44. The van der Waals surface area contributed by atoms with Crippen LogP contribution in [-0.4, -0.2) is 57.2 Å². The van der Waals surface area contributed by atoms with Crippen LogP contribution in [0.4, 0.5) is 0 Å². The maximum Gasteiger partial charge on any atom is 0.224 e. The van der Waals surface area contributed by atoms with Crippen LogP contribution in [0.15, 0.2) is 23.2 Å². The zero-order valence-corrected chi connectivity index (χ0v) is 16.9. The molecule has 150 valence electrons. The van der Waals surface area contributed by atoms with Gasteiger partial charge in [0.15, 0.2) is 17.5 Å². The van der Waals surface area contributed by atoms with E-state index in [0.29, 0.717) is 43.0 Å². The van der Waals surface area contributed by atoms with Gasteiger partial charge in [-0.15, -0.1) is 0 Å². The summed E-state index contributed by atoms with van der Waals surface area (Å²) >= 11 is 0. The third-order valence-corrected chi connectivity index (χ3v) is 4.89. The summed E-state index contributed by atoms with van der Waals surface area (Å²) in [6.45, 7) is 4.17. The lowest BCUT2D eigenvalue weighted by Gasteiger charge is -2.33. The first-order chi connectivity index (χ1) is 13.1. The number of hydrogen-bond donors (Lipinski definition) is 2. The molecule has 0 radical (unpaired) electrons. The number of nitrogens with zero attached hydrogens (tertiary/aromatic N) is 2. The van der Waals surface area contributed by atoms with Gasteiger partial charge in [-0.25, -0.2) is 0 Å². The first kappa shape index (κ1) is 20.9. The van der Waals surface area contributed by atoms with Gasteiger partial charge < -0.3 is 25.0 Å². The van der Waals surface area contributed by atoms with Crippen molar-refractivity contribution in [2.75, 3.05) is 34.4 Å². The zero-order chi connectivity index (χ0) is 19.6. The molecule has 1 heterocycles. The number of piperidine rings is 1. The molecule has 2 N–H and O–H groups in total. The summed E-state index contributed by atoms with van der Waals surface area (Å²) in [4.78, 5) is 18.6. The van der Waals surface area contributed by atoms with E-state index in [1.54, 1.807) is 21.3 Å². The summed E-state index contributed by atoms with van der Waals surface area (Å²) in [6.07, 6.45) is 3.91. The fraction of sp³-hybridized carbons (Fsp3) is 0.600. The van der Waals surface area contributed by atoms with E-state index in [1.165, 1.54) is 6.42 Å². The molecule has 0 saturated carbocycles. The fourth-order valence-corrected chi connectivity index (χ4v) is 3.30. The van der Waals surface area contributed by atoms with E-state index in [2.05, 4.69) is 22.5 Å². The Morgan fingerprint density at radius 1 is 1.22 bits per heavy atom. The monoisotopic (exact) mass is 376 g/mol. The molecule has 1 fully saturated rings. The number of methoxy groups -OCH3 is 2. The first-order valence-electron chi connectivity index (χ1n) is 9.54. The smallest absolute Gasteiger partial charge is 0.224 e. The Balaban J connectivity index is 1.78. The maximum atomic E-state index is 12.4. The van der Waals surface area contributed by atoms with Gasteiger partial charge in [-0.1, -0.05) is 6.07 Å². The number of nitrogens with one attached hydrogen (secondary N) is 2. The third-order valence-electron chi connectivity index (χ3n) is 4.89. The number of amides is 1. The number of carbonyl (C=O) groups excluding carboxylic acids is 1. The molecule has 1 aromatic rings. The van der Waals surface area contributed by atoms with E-state index >= 15 is 0 Å². The summed E-state index contributed by atoms with van der Waals surface area (Å²) < 4.78 is 10.6. The van der Waals surface area contributed by atoms with Crippen LogP contribution in [0.1, 0.15) is 38.2 Å². The van der Waals surface area contributed by atoms with Crippen molar-refractivity contribution in [2.24, 2.45) is 4.99 Å². The number of aliphatic imine (C=N–C) groups is 1. The molecule has 1 atom stereocenters. The van der Waals surface area contributed by atoms with Crippen LogP contribution < -0.4 is 20.1 Å². The first-order valence-corrected chi connectivity index (χ1v) is 9.54. The van der Waals surface area contributed by atoms with Crippen LogP contribution in [0.2, 0.25) is 0 Å². The number of guanidine groups is 1. The molecule has 7 nitrogen and oxygen atoms in total. The topological polar surface area (TPSA) is 75.2 Å².